The average molecular weight is 583 g/mol. The summed E-state index contributed by atoms with van der Waals surface area (Å²) >= 11 is 0. The largest absolute Gasteiger partial charge is 0.506 e. The van der Waals surface area contributed by atoms with Crippen molar-refractivity contribution in [1.82, 2.24) is 24.8 Å². The van der Waals surface area contributed by atoms with E-state index >= 15 is 0 Å². The molecule has 0 spiro atoms. The van der Waals surface area contributed by atoms with E-state index in [0.29, 0.717) is 17.4 Å². The number of nitrogen functional groups attached to an aromatic ring is 2. The predicted octanol–water partition coefficient (Wildman–Crippen LogP) is 5.19. The van der Waals surface area contributed by atoms with Crippen molar-refractivity contribution in [1.29, 1.82) is 0 Å². The van der Waals surface area contributed by atoms with Crippen molar-refractivity contribution < 1.29 is 9.50 Å². The van der Waals surface area contributed by atoms with Gasteiger partial charge in [0.1, 0.15) is 17.1 Å². The molecule has 0 radical (unpaired) electrons. The Morgan fingerprint density at radius 2 is 1.72 bits per heavy atom. The number of aromatic hydroxyl groups is 1. The molecule has 200 valence electrons. The third-order valence-electron chi connectivity index (χ3n) is 6.06. The summed E-state index contributed by atoms with van der Waals surface area (Å²) in [7, 11) is 0. The van der Waals surface area contributed by atoms with Gasteiger partial charge in [-0.15, -0.1) is 49.6 Å². The first-order valence-corrected chi connectivity index (χ1v) is 10.7. The summed E-state index contributed by atoms with van der Waals surface area (Å²) in [5, 5.41) is 10.6. The van der Waals surface area contributed by atoms with Gasteiger partial charge >= 0.3 is 0 Å². The van der Waals surface area contributed by atoms with Crippen molar-refractivity contribution in [3.63, 3.8) is 0 Å². The second-order valence-corrected chi connectivity index (χ2v) is 8.49. The first-order valence-electron chi connectivity index (χ1n) is 10.7. The van der Waals surface area contributed by atoms with Crippen LogP contribution in [0, 0.1) is 12.7 Å². The van der Waals surface area contributed by atoms with Crippen LogP contribution >= 0.6 is 49.6 Å². The minimum absolute atomic E-state index is 0. The first kappa shape index (κ1) is 33.8. The van der Waals surface area contributed by atoms with Crippen molar-refractivity contribution in [2.45, 2.75) is 45.6 Å². The monoisotopic (exact) mass is 581 g/mol. The van der Waals surface area contributed by atoms with Crippen LogP contribution in [0.15, 0.2) is 24.4 Å². The Kier molecular flexibility index (Phi) is 13.1. The standard InChI is InChI=1S/C23H28FN7O.4ClH/c1-12(2)31-10-4-5-14(11-31)19-13(3)20(30-23(26)29-19)21-17(32)7-6-16(28-21)15-8-9-27-22(25)18(15)24;;;;/h6-9,12,14,32H,4-5,10-11H2,1-3H3,(H2,25,27)(H2,26,29,30);4*1H. The molecule has 0 amide bonds. The van der Waals surface area contributed by atoms with E-state index in [1.807, 2.05) is 6.92 Å². The van der Waals surface area contributed by atoms with Crippen molar-refractivity contribution in [2.75, 3.05) is 24.6 Å². The van der Waals surface area contributed by atoms with Gasteiger partial charge in [-0.25, -0.2) is 24.3 Å². The maximum atomic E-state index is 14.5. The molecule has 0 bridgehead atoms. The van der Waals surface area contributed by atoms with Crippen molar-refractivity contribution >= 4 is 61.4 Å². The fourth-order valence-corrected chi connectivity index (χ4v) is 4.31. The van der Waals surface area contributed by atoms with Crippen LogP contribution in [0.3, 0.4) is 0 Å². The Balaban J connectivity index is 0.00000306. The minimum atomic E-state index is -0.660. The smallest absolute Gasteiger partial charge is 0.220 e. The van der Waals surface area contributed by atoms with Crippen molar-refractivity contribution in [3.8, 4) is 28.4 Å². The minimum Gasteiger partial charge on any atom is -0.506 e. The SMILES string of the molecule is Cc1c(-c2nc(-c3ccnc(N)c3F)ccc2O)nc(N)nc1C1CCCN(C(C)C)C1.Cl.Cl.Cl.Cl. The zero-order valence-corrected chi connectivity index (χ0v) is 23.4. The number of anilines is 2. The molecule has 4 heterocycles. The molecule has 3 aromatic rings. The molecular formula is C23H32Cl4FN7O. The molecule has 4 rings (SSSR count). The van der Waals surface area contributed by atoms with Gasteiger partial charge in [0, 0.05) is 30.3 Å². The van der Waals surface area contributed by atoms with Crippen molar-refractivity contribution in [3.05, 3.63) is 41.5 Å². The van der Waals surface area contributed by atoms with Crippen molar-refractivity contribution in [2.24, 2.45) is 0 Å². The van der Waals surface area contributed by atoms with E-state index in [9.17, 15) is 9.50 Å². The van der Waals surface area contributed by atoms with Gasteiger partial charge in [-0.3, -0.25) is 0 Å². The van der Waals surface area contributed by atoms with Crippen LogP contribution in [0.1, 0.15) is 43.9 Å². The predicted molar refractivity (Wildman–Crippen MR) is 151 cm³/mol. The number of nitrogens with two attached hydrogens (primary N) is 2. The van der Waals surface area contributed by atoms with Crippen LogP contribution in [-0.4, -0.2) is 49.1 Å². The van der Waals surface area contributed by atoms with Crippen LogP contribution in [0.2, 0.25) is 0 Å². The highest BCUT2D eigenvalue weighted by molar-refractivity contribution is 5.86. The fourth-order valence-electron chi connectivity index (χ4n) is 4.31. The lowest BCUT2D eigenvalue weighted by Gasteiger charge is -2.35. The van der Waals surface area contributed by atoms with Crippen LogP contribution in [-0.2, 0) is 0 Å². The Morgan fingerprint density at radius 3 is 2.39 bits per heavy atom. The molecule has 13 heteroatoms. The molecule has 1 unspecified atom stereocenters. The number of pyridine rings is 2. The molecule has 36 heavy (non-hydrogen) atoms. The maximum absolute atomic E-state index is 14.5. The number of nitrogens with zero attached hydrogens (tertiary/aromatic N) is 5. The quantitative estimate of drug-likeness (QED) is 0.383. The molecule has 1 aliphatic rings. The maximum Gasteiger partial charge on any atom is 0.220 e. The lowest BCUT2D eigenvalue weighted by atomic mass is 9.90. The number of aromatic nitrogens is 4. The van der Waals surface area contributed by atoms with E-state index in [-0.39, 0.29) is 84.3 Å². The van der Waals surface area contributed by atoms with Crippen LogP contribution in [0.5, 0.6) is 5.75 Å². The third kappa shape index (κ3) is 6.77. The highest BCUT2D eigenvalue weighted by Crippen LogP contribution is 2.36. The zero-order chi connectivity index (χ0) is 23.0. The topological polar surface area (TPSA) is 127 Å². The summed E-state index contributed by atoms with van der Waals surface area (Å²) in [6.07, 6.45) is 3.49. The number of halogens is 5. The summed E-state index contributed by atoms with van der Waals surface area (Å²) in [6, 6.07) is 4.93. The lowest BCUT2D eigenvalue weighted by molar-refractivity contribution is 0.166. The molecule has 0 aromatic carbocycles. The fraction of sp³-hybridized carbons (Fsp3) is 0.391. The summed E-state index contributed by atoms with van der Waals surface area (Å²) < 4.78 is 14.5. The second kappa shape index (κ2) is 13.9. The molecular weight excluding hydrogens is 551 g/mol. The molecule has 1 atom stereocenters. The first-order chi connectivity index (χ1) is 15.3. The number of piperidine rings is 1. The Bertz CT molecular complexity index is 1170. The molecule has 1 aliphatic heterocycles. The number of rotatable bonds is 4. The molecule has 1 fully saturated rings. The average Bonchev–Trinajstić information content (AvgIpc) is 2.77. The van der Waals surface area contributed by atoms with E-state index in [0.717, 1.165) is 37.2 Å². The highest BCUT2D eigenvalue weighted by Gasteiger charge is 2.28. The number of likely N-dealkylation sites (tertiary alicyclic amines) is 1. The Morgan fingerprint density at radius 1 is 1.03 bits per heavy atom. The van der Waals surface area contributed by atoms with Gasteiger partial charge < -0.3 is 21.5 Å². The van der Waals surface area contributed by atoms with Crippen LogP contribution < -0.4 is 11.5 Å². The molecule has 0 saturated carbocycles. The Labute approximate surface area is 235 Å². The normalized spacial score (nSPS) is 15.2. The summed E-state index contributed by atoms with van der Waals surface area (Å²) in [5.74, 6) is -0.620. The van der Waals surface area contributed by atoms with E-state index in [4.69, 9.17) is 11.5 Å². The second-order valence-electron chi connectivity index (χ2n) is 8.49. The molecule has 1 saturated heterocycles. The van der Waals surface area contributed by atoms with E-state index < -0.39 is 5.82 Å². The van der Waals surface area contributed by atoms with Gasteiger partial charge in [0.05, 0.1) is 11.4 Å². The van der Waals surface area contributed by atoms with E-state index in [1.165, 1.54) is 24.4 Å². The van der Waals surface area contributed by atoms with Gasteiger partial charge in [0.25, 0.3) is 0 Å². The molecule has 8 nitrogen and oxygen atoms in total. The third-order valence-corrected chi connectivity index (χ3v) is 6.06. The lowest BCUT2D eigenvalue weighted by Crippen LogP contribution is -2.39. The summed E-state index contributed by atoms with van der Waals surface area (Å²) in [6.45, 7) is 8.24. The van der Waals surface area contributed by atoms with E-state index in [2.05, 4.69) is 38.7 Å². The van der Waals surface area contributed by atoms with E-state index in [1.54, 1.807) is 0 Å². The van der Waals surface area contributed by atoms with Crippen LogP contribution in [0.25, 0.3) is 22.6 Å². The summed E-state index contributed by atoms with van der Waals surface area (Å²) in [4.78, 5) is 19.6. The number of hydrogen-bond donors (Lipinski definition) is 3. The molecule has 5 N–H and O–H groups in total. The van der Waals surface area contributed by atoms with Gasteiger partial charge in [-0.05, 0) is 63.9 Å². The zero-order valence-electron chi connectivity index (χ0n) is 20.1. The Hall–Kier alpha value is -2.17. The van der Waals surface area contributed by atoms with Gasteiger partial charge in [0.15, 0.2) is 11.6 Å². The highest BCUT2D eigenvalue weighted by atomic mass is 35.5. The van der Waals surface area contributed by atoms with Gasteiger partial charge in [0.2, 0.25) is 5.95 Å². The number of hydrogen-bond acceptors (Lipinski definition) is 8. The molecule has 0 aliphatic carbocycles. The van der Waals surface area contributed by atoms with Crippen LogP contribution in [0.4, 0.5) is 16.2 Å². The van der Waals surface area contributed by atoms with Gasteiger partial charge in [-0.1, -0.05) is 0 Å². The summed E-state index contributed by atoms with van der Waals surface area (Å²) in [5.41, 5.74) is 14.5. The van der Waals surface area contributed by atoms with Gasteiger partial charge in [-0.2, -0.15) is 0 Å². The molecule has 3 aromatic heterocycles.